The van der Waals surface area contributed by atoms with Gasteiger partial charge in [-0.15, -0.1) is 0 Å². The zero-order chi connectivity index (χ0) is 16.6. The molecule has 5 rings (SSSR count). The zero-order valence-electron chi connectivity index (χ0n) is 13.4. The summed E-state index contributed by atoms with van der Waals surface area (Å²) in [4.78, 5) is 7.49. The Morgan fingerprint density at radius 2 is 1.96 bits per heavy atom. The second-order valence-corrected chi connectivity index (χ2v) is 6.07. The maximum Gasteiger partial charge on any atom is 0.137 e. The average molecular weight is 322 g/mol. The number of aromatic nitrogens is 4. The number of hydrogen-bond donors (Lipinski definition) is 1. The Kier molecular flexibility index (Phi) is 3.04. The van der Waals surface area contributed by atoms with Gasteiger partial charge in [0.1, 0.15) is 5.65 Å². The minimum Gasteiger partial charge on any atom is -0.346 e. The van der Waals surface area contributed by atoms with E-state index in [9.17, 15) is 0 Å². The van der Waals surface area contributed by atoms with E-state index in [4.69, 9.17) is 0 Å². The largest absolute Gasteiger partial charge is 0.346 e. The molecule has 1 N–H and O–H groups in total. The number of nitrogens with one attached hydrogen (secondary N) is 1. The van der Waals surface area contributed by atoms with Crippen molar-refractivity contribution in [3.05, 3.63) is 83.3 Å². The first-order chi connectivity index (χ1) is 12.4. The fourth-order valence-electron chi connectivity index (χ4n) is 3.21. The molecule has 3 heterocycles. The zero-order valence-corrected chi connectivity index (χ0v) is 13.4. The van der Waals surface area contributed by atoms with Gasteiger partial charge in [-0.3, -0.25) is 4.68 Å². The van der Waals surface area contributed by atoms with E-state index in [-0.39, 0.29) is 0 Å². The van der Waals surface area contributed by atoms with Gasteiger partial charge in [-0.2, -0.15) is 5.10 Å². The third-order valence-corrected chi connectivity index (χ3v) is 4.44. The van der Waals surface area contributed by atoms with E-state index in [1.54, 1.807) is 0 Å². The summed E-state index contributed by atoms with van der Waals surface area (Å²) in [7, 11) is 0. The van der Waals surface area contributed by atoms with Crippen LogP contribution >= 0.6 is 0 Å². The monoisotopic (exact) mass is 322 g/mol. The summed E-state index contributed by atoms with van der Waals surface area (Å²) in [5.41, 5.74) is 12.7. The third kappa shape index (κ3) is 2.43. The molecule has 0 spiro atoms. The molecule has 25 heavy (non-hydrogen) atoms. The van der Waals surface area contributed by atoms with Crippen LogP contribution in [0, 0.1) is 0 Å². The van der Waals surface area contributed by atoms with Gasteiger partial charge in [-0.05, 0) is 52.6 Å². The van der Waals surface area contributed by atoms with Crippen molar-refractivity contribution in [2.75, 3.05) is 0 Å². The van der Waals surface area contributed by atoms with Crippen molar-refractivity contribution >= 4 is 23.2 Å². The van der Waals surface area contributed by atoms with Gasteiger partial charge in [0.15, 0.2) is 0 Å². The molecule has 1 aliphatic carbocycles. The molecule has 1 aromatic carbocycles. The highest BCUT2D eigenvalue weighted by molar-refractivity contribution is 5.92. The van der Waals surface area contributed by atoms with Gasteiger partial charge in [-0.25, -0.2) is 4.98 Å². The molecule has 0 aliphatic heterocycles. The lowest BCUT2D eigenvalue weighted by Crippen LogP contribution is -2.00. The average Bonchev–Trinajstić information content (AvgIpc) is 3.30. The van der Waals surface area contributed by atoms with Crippen LogP contribution in [0.1, 0.15) is 16.7 Å². The van der Waals surface area contributed by atoms with Crippen molar-refractivity contribution in [3.63, 3.8) is 0 Å². The molecule has 0 bridgehead atoms. The molecule has 118 valence electrons. The lowest BCUT2D eigenvalue weighted by atomic mass is 10.0. The van der Waals surface area contributed by atoms with Crippen LogP contribution in [0.4, 0.5) is 0 Å². The highest BCUT2D eigenvalue weighted by Gasteiger charge is 2.08. The van der Waals surface area contributed by atoms with Crippen LogP contribution in [-0.4, -0.2) is 19.7 Å². The quantitative estimate of drug-likeness (QED) is 0.504. The summed E-state index contributed by atoms with van der Waals surface area (Å²) in [6.07, 6.45) is 11.6. The van der Waals surface area contributed by atoms with Crippen LogP contribution in [0.25, 0.3) is 34.3 Å². The first kappa shape index (κ1) is 13.8. The van der Waals surface area contributed by atoms with E-state index in [1.807, 2.05) is 47.6 Å². The molecule has 0 atom stereocenters. The molecule has 4 heteroatoms. The van der Waals surface area contributed by atoms with Crippen LogP contribution in [-0.2, 0) is 6.54 Å². The van der Waals surface area contributed by atoms with Crippen molar-refractivity contribution < 1.29 is 0 Å². The van der Waals surface area contributed by atoms with Crippen LogP contribution < -0.4 is 0 Å². The van der Waals surface area contributed by atoms with Gasteiger partial charge >= 0.3 is 0 Å². The standard InChI is InChI=1S/C21H14N4/c1-2-4-17-11-15(5-6-16(17)3-1)13-25-14-18(12-24-25)19-7-9-22-21-20(19)8-10-23-21/h3-12,14H,13H2,(H,22,23). The summed E-state index contributed by atoms with van der Waals surface area (Å²) >= 11 is 0. The predicted molar refractivity (Wildman–Crippen MR) is 98.8 cm³/mol. The Bertz CT molecular complexity index is 1200. The SMILES string of the molecule is C1=C=Cc2cc(Cn3cc(-c4ccnc5[nH]ccc45)cn3)ccc2C=1. The van der Waals surface area contributed by atoms with Gasteiger partial charge in [0, 0.05) is 29.5 Å². The number of nitrogens with zero attached hydrogens (tertiary/aromatic N) is 3. The molecule has 0 fully saturated rings. The first-order valence-electron chi connectivity index (χ1n) is 8.12. The highest BCUT2D eigenvalue weighted by Crippen LogP contribution is 2.26. The van der Waals surface area contributed by atoms with Gasteiger partial charge in [0.2, 0.25) is 0 Å². The van der Waals surface area contributed by atoms with Crippen LogP contribution in [0.15, 0.2) is 66.6 Å². The van der Waals surface area contributed by atoms with Crippen molar-refractivity contribution in [2.24, 2.45) is 0 Å². The number of pyridine rings is 1. The molecule has 0 saturated carbocycles. The number of rotatable bonds is 3. The summed E-state index contributed by atoms with van der Waals surface area (Å²) in [6, 6.07) is 10.5. The molecular formula is C21H14N4. The smallest absolute Gasteiger partial charge is 0.137 e. The highest BCUT2D eigenvalue weighted by atomic mass is 15.3. The number of hydrogen-bond acceptors (Lipinski definition) is 2. The number of benzene rings is 1. The molecule has 3 aromatic heterocycles. The van der Waals surface area contributed by atoms with Crippen molar-refractivity contribution in [1.82, 2.24) is 19.7 Å². The maximum atomic E-state index is 4.53. The number of aromatic amines is 1. The Labute approximate surface area is 144 Å². The fourth-order valence-corrected chi connectivity index (χ4v) is 3.21. The summed E-state index contributed by atoms with van der Waals surface area (Å²) in [5.74, 6) is 0. The van der Waals surface area contributed by atoms with Gasteiger partial charge < -0.3 is 4.98 Å². The third-order valence-electron chi connectivity index (χ3n) is 4.44. The van der Waals surface area contributed by atoms with Crippen LogP contribution in [0.2, 0.25) is 0 Å². The molecule has 0 radical (unpaired) electrons. The Balaban J connectivity index is 1.47. The van der Waals surface area contributed by atoms with Crippen molar-refractivity contribution in [3.8, 4) is 11.1 Å². The molecule has 0 saturated heterocycles. The van der Waals surface area contributed by atoms with E-state index in [0.717, 1.165) is 28.7 Å². The minimum absolute atomic E-state index is 0.732. The van der Waals surface area contributed by atoms with Gasteiger partial charge in [0.05, 0.1) is 12.7 Å². The topological polar surface area (TPSA) is 46.5 Å². The van der Waals surface area contributed by atoms with E-state index in [2.05, 4.69) is 50.9 Å². The summed E-state index contributed by atoms with van der Waals surface area (Å²) in [6.45, 7) is 0.732. The van der Waals surface area contributed by atoms with E-state index in [1.165, 1.54) is 16.7 Å². The molecule has 0 amide bonds. The Hall–Kier alpha value is -3.58. The normalized spacial score (nSPS) is 12.0. The summed E-state index contributed by atoms with van der Waals surface area (Å²) < 4.78 is 1.97. The van der Waals surface area contributed by atoms with Crippen molar-refractivity contribution in [1.29, 1.82) is 0 Å². The van der Waals surface area contributed by atoms with E-state index < -0.39 is 0 Å². The molecular weight excluding hydrogens is 308 g/mol. The second-order valence-electron chi connectivity index (χ2n) is 6.07. The van der Waals surface area contributed by atoms with Gasteiger partial charge in [-0.1, -0.05) is 23.6 Å². The molecule has 4 aromatic rings. The van der Waals surface area contributed by atoms with Crippen LogP contribution in [0.5, 0.6) is 0 Å². The summed E-state index contributed by atoms with van der Waals surface area (Å²) in [5, 5.41) is 5.64. The van der Waals surface area contributed by atoms with Crippen molar-refractivity contribution in [2.45, 2.75) is 6.54 Å². The van der Waals surface area contributed by atoms with E-state index >= 15 is 0 Å². The molecule has 4 nitrogen and oxygen atoms in total. The first-order valence-corrected chi connectivity index (χ1v) is 8.12. The van der Waals surface area contributed by atoms with Gasteiger partial charge in [0.25, 0.3) is 0 Å². The minimum atomic E-state index is 0.732. The lowest BCUT2D eigenvalue weighted by Gasteiger charge is -2.07. The molecule has 0 unspecified atom stereocenters. The lowest BCUT2D eigenvalue weighted by molar-refractivity contribution is 0.687. The fraction of sp³-hybridized carbons (Fsp3) is 0.0476. The molecule has 1 aliphatic rings. The second kappa shape index (κ2) is 5.50. The Morgan fingerprint density at radius 3 is 2.92 bits per heavy atom. The van der Waals surface area contributed by atoms with E-state index in [0.29, 0.717) is 0 Å². The Morgan fingerprint density at radius 1 is 1.04 bits per heavy atom. The maximum absolute atomic E-state index is 4.53. The number of H-pyrrole nitrogens is 1. The van der Waals surface area contributed by atoms with Crippen LogP contribution in [0.3, 0.4) is 0 Å². The predicted octanol–water partition coefficient (Wildman–Crippen LogP) is 4.27. The number of fused-ring (bicyclic) bond motifs is 2.